The predicted octanol–water partition coefficient (Wildman–Crippen LogP) is 4.95. The van der Waals surface area contributed by atoms with Gasteiger partial charge in [-0.1, -0.05) is 68.8 Å². The van der Waals surface area contributed by atoms with Crippen LogP contribution in [0.15, 0.2) is 48.5 Å². The summed E-state index contributed by atoms with van der Waals surface area (Å²) in [7, 11) is 0. The number of halogens is 1. The van der Waals surface area contributed by atoms with Gasteiger partial charge >= 0.3 is 0 Å². The molecule has 31 heavy (non-hydrogen) atoms. The number of amides is 2. The Kier molecular flexibility index (Phi) is 10.0. The third-order valence-corrected chi connectivity index (χ3v) is 5.95. The van der Waals surface area contributed by atoms with Gasteiger partial charge in [0.05, 0.1) is 5.75 Å². The van der Waals surface area contributed by atoms with Gasteiger partial charge in [-0.15, -0.1) is 11.8 Å². The van der Waals surface area contributed by atoms with Crippen LogP contribution in [0.3, 0.4) is 0 Å². The van der Waals surface area contributed by atoms with Crippen LogP contribution in [0.25, 0.3) is 0 Å². The zero-order valence-electron chi connectivity index (χ0n) is 18.9. The van der Waals surface area contributed by atoms with E-state index in [1.54, 1.807) is 23.1 Å². The van der Waals surface area contributed by atoms with Crippen molar-refractivity contribution in [3.63, 3.8) is 0 Å². The van der Waals surface area contributed by atoms with Gasteiger partial charge in [0.25, 0.3) is 0 Å². The van der Waals surface area contributed by atoms with Crippen molar-refractivity contribution in [3.8, 4) is 0 Å². The number of carbonyl (C=O) groups is 2. The van der Waals surface area contributed by atoms with Crippen LogP contribution in [0.1, 0.15) is 43.9 Å². The Hall–Kier alpha value is -2.34. The number of nitrogens with one attached hydrogen (secondary N) is 1. The molecule has 0 heterocycles. The molecule has 0 saturated heterocycles. The minimum absolute atomic E-state index is 0.117. The van der Waals surface area contributed by atoms with Crippen molar-refractivity contribution < 1.29 is 14.0 Å². The number of hydrogen-bond acceptors (Lipinski definition) is 3. The van der Waals surface area contributed by atoms with Gasteiger partial charge in [0.1, 0.15) is 11.9 Å². The van der Waals surface area contributed by atoms with Crippen molar-refractivity contribution in [3.05, 3.63) is 71.0 Å². The number of benzene rings is 2. The minimum atomic E-state index is -0.540. The van der Waals surface area contributed by atoms with Crippen molar-refractivity contribution in [1.29, 1.82) is 0 Å². The van der Waals surface area contributed by atoms with Crippen molar-refractivity contribution in [2.45, 2.75) is 52.5 Å². The number of rotatable bonds is 11. The van der Waals surface area contributed by atoms with Crippen LogP contribution in [-0.4, -0.2) is 35.1 Å². The van der Waals surface area contributed by atoms with Crippen molar-refractivity contribution in [2.75, 3.05) is 12.3 Å². The van der Waals surface area contributed by atoms with E-state index >= 15 is 0 Å². The number of nitrogens with zero attached hydrogens (tertiary/aromatic N) is 1. The van der Waals surface area contributed by atoms with E-state index in [1.807, 2.05) is 52.0 Å². The Morgan fingerprint density at radius 1 is 1.10 bits per heavy atom. The summed E-state index contributed by atoms with van der Waals surface area (Å²) >= 11 is 1.36. The number of carbonyl (C=O) groups excluding carboxylic acids is 2. The van der Waals surface area contributed by atoms with Crippen molar-refractivity contribution >= 4 is 23.6 Å². The normalized spacial score (nSPS) is 11.9. The first kappa shape index (κ1) is 24.9. The maximum atomic E-state index is 13.9. The van der Waals surface area contributed by atoms with E-state index in [2.05, 4.69) is 5.32 Å². The van der Waals surface area contributed by atoms with Crippen molar-refractivity contribution in [2.24, 2.45) is 5.92 Å². The quantitative estimate of drug-likeness (QED) is 0.534. The van der Waals surface area contributed by atoms with Gasteiger partial charge in [-0.05, 0) is 36.5 Å². The van der Waals surface area contributed by atoms with E-state index in [0.717, 1.165) is 11.1 Å². The molecule has 1 N–H and O–H groups in total. The zero-order chi connectivity index (χ0) is 22.8. The van der Waals surface area contributed by atoms with Crippen molar-refractivity contribution in [1.82, 2.24) is 10.2 Å². The van der Waals surface area contributed by atoms with Crippen LogP contribution < -0.4 is 5.32 Å². The number of aryl methyl sites for hydroxylation is 1. The van der Waals surface area contributed by atoms with E-state index in [1.165, 1.54) is 17.8 Å². The monoisotopic (exact) mass is 444 g/mol. The summed E-state index contributed by atoms with van der Waals surface area (Å²) in [4.78, 5) is 27.7. The standard InChI is InChI=1S/C25H33FN2O2S/c1-5-23(25(30)27-14-18(2)3)28(15-20-12-10-19(4)11-13-20)24(29)17-31-16-21-8-6-7-9-22(21)26/h6-13,18,23H,5,14-17H2,1-4H3,(H,27,30)/t23-/m1/s1. The first-order valence-corrected chi connectivity index (χ1v) is 11.9. The average molecular weight is 445 g/mol. The topological polar surface area (TPSA) is 49.4 Å². The molecule has 1 atom stereocenters. The lowest BCUT2D eigenvalue weighted by atomic mass is 10.1. The Bertz CT molecular complexity index is 855. The molecule has 0 fully saturated rings. The first-order valence-electron chi connectivity index (χ1n) is 10.8. The first-order chi connectivity index (χ1) is 14.8. The molecular formula is C25H33FN2O2S. The highest BCUT2D eigenvalue weighted by molar-refractivity contribution is 7.99. The third-order valence-electron chi connectivity index (χ3n) is 4.98. The molecule has 0 aliphatic carbocycles. The lowest BCUT2D eigenvalue weighted by Crippen LogP contribution is -2.50. The fraction of sp³-hybridized carbons (Fsp3) is 0.440. The summed E-state index contributed by atoms with van der Waals surface area (Å²) in [6.07, 6.45) is 0.527. The van der Waals surface area contributed by atoms with Gasteiger partial charge in [0, 0.05) is 18.8 Å². The lowest BCUT2D eigenvalue weighted by molar-refractivity contribution is -0.139. The summed E-state index contributed by atoms with van der Waals surface area (Å²) in [5.41, 5.74) is 2.70. The SMILES string of the molecule is CC[C@H](C(=O)NCC(C)C)N(Cc1ccc(C)cc1)C(=O)CSCc1ccccc1F. The summed E-state index contributed by atoms with van der Waals surface area (Å²) in [5.74, 6) is 0.420. The second-order valence-electron chi connectivity index (χ2n) is 8.15. The van der Waals surface area contributed by atoms with E-state index in [-0.39, 0.29) is 23.4 Å². The van der Waals surface area contributed by atoms with Gasteiger partial charge in [-0.3, -0.25) is 9.59 Å². The summed E-state index contributed by atoms with van der Waals surface area (Å²) in [5, 5.41) is 2.96. The number of hydrogen-bond donors (Lipinski definition) is 1. The van der Waals surface area contributed by atoms with Crippen LogP contribution in [0, 0.1) is 18.7 Å². The fourth-order valence-corrected chi connectivity index (χ4v) is 4.08. The molecule has 0 aliphatic heterocycles. The van der Waals surface area contributed by atoms with Gasteiger partial charge in [0.2, 0.25) is 11.8 Å². The van der Waals surface area contributed by atoms with Crippen LogP contribution in [-0.2, 0) is 21.9 Å². The highest BCUT2D eigenvalue weighted by Gasteiger charge is 2.28. The predicted molar refractivity (Wildman–Crippen MR) is 126 cm³/mol. The third kappa shape index (κ3) is 8.02. The molecule has 2 aromatic carbocycles. The van der Waals surface area contributed by atoms with Gasteiger partial charge < -0.3 is 10.2 Å². The molecule has 0 spiro atoms. The molecule has 4 nitrogen and oxygen atoms in total. The molecule has 2 rings (SSSR count). The Labute approximate surface area is 189 Å². The molecule has 0 saturated carbocycles. The largest absolute Gasteiger partial charge is 0.354 e. The summed E-state index contributed by atoms with van der Waals surface area (Å²) in [6.45, 7) is 8.95. The van der Waals surface area contributed by atoms with Gasteiger partial charge in [-0.25, -0.2) is 4.39 Å². The molecule has 2 amide bonds. The highest BCUT2D eigenvalue weighted by Crippen LogP contribution is 2.19. The second-order valence-corrected chi connectivity index (χ2v) is 9.14. The summed E-state index contributed by atoms with van der Waals surface area (Å²) < 4.78 is 13.9. The van der Waals surface area contributed by atoms with Gasteiger partial charge in [0.15, 0.2) is 0 Å². The lowest BCUT2D eigenvalue weighted by Gasteiger charge is -2.31. The molecule has 0 bridgehead atoms. The van der Waals surface area contributed by atoms with E-state index in [9.17, 15) is 14.0 Å². The Morgan fingerprint density at radius 3 is 2.39 bits per heavy atom. The average Bonchev–Trinajstić information content (AvgIpc) is 2.74. The van der Waals surface area contributed by atoms with Crippen LogP contribution in [0.2, 0.25) is 0 Å². The van der Waals surface area contributed by atoms with Gasteiger partial charge in [-0.2, -0.15) is 0 Å². The highest BCUT2D eigenvalue weighted by atomic mass is 32.2. The fourth-order valence-electron chi connectivity index (χ4n) is 3.18. The van der Waals surface area contributed by atoms with Crippen LogP contribution >= 0.6 is 11.8 Å². The smallest absolute Gasteiger partial charge is 0.242 e. The number of thioether (sulfide) groups is 1. The molecule has 0 unspecified atom stereocenters. The minimum Gasteiger partial charge on any atom is -0.354 e. The molecule has 0 radical (unpaired) electrons. The molecule has 0 aliphatic rings. The van der Waals surface area contributed by atoms with Crippen LogP contribution in [0.5, 0.6) is 0 Å². The molecule has 6 heteroatoms. The maximum Gasteiger partial charge on any atom is 0.242 e. The second kappa shape index (κ2) is 12.5. The zero-order valence-corrected chi connectivity index (χ0v) is 19.7. The Morgan fingerprint density at radius 2 is 1.77 bits per heavy atom. The van der Waals surface area contributed by atoms with E-state index in [4.69, 9.17) is 0 Å². The summed E-state index contributed by atoms with van der Waals surface area (Å²) in [6, 6.07) is 14.0. The Balaban J connectivity index is 2.12. The molecular weight excluding hydrogens is 411 g/mol. The maximum absolute atomic E-state index is 13.9. The molecule has 2 aromatic rings. The molecule has 168 valence electrons. The van der Waals surface area contributed by atoms with Crippen LogP contribution in [0.4, 0.5) is 4.39 Å². The molecule has 0 aromatic heterocycles. The van der Waals surface area contributed by atoms with E-state index in [0.29, 0.717) is 36.7 Å². The van der Waals surface area contributed by atoms with E-state index < -0.39 is 6.04 Å².